The van der Waals surface area contributed by atoms with Crippen LogP contribution in [0.1, 0.15) is 36.4 Å². The molecule has 7 heteroatoms. The molecule has 7 nitrogen and oxygen atoms in total. The highest BCUT2D eigenvalue weighted by Crippen LogP contribution is 2.14. The summed E-state index contributed by atoms with van der Waals surface area (Å²) in [7, 11) is 3.60. The highest BCUT2D eigenvalue weighted by atomic mass is 16.5. The SMILES string of the molecule is CCNC(=NCc1ccnc(OC)c1)NC(C)Cc1c(C)nn(C)c1C. The average molecular weight is 358 g/mol. The Morgan fingerprint density at radius 3 is 2.77 bits per heavy atom. The molecule has 26 heavy (non-hydrogen) atoms. The van der Waals surface area contributed by atoms with Crippen molar-refractivity contribution in [2.24, 2.45) is 12.0 Å². The fourth-order valence-electron chi connectivity index (χ4n) is 2.85. The van der Waals surface area contributed by atoms with E-state index in [2.05, 4.69) is 53.4 Å². The maximum Gasteiger partial charge on any atom is 0.213 e. The Hall–Kier alpha value is -2.57. The van der Waals surface area contributed by atoms with Crippen LogP contribution < -0.4 is 15.4 Å². The largest absolute Gasteiger partial charge is 0.481 e. The van der Waals surface area contributed by atoms with Gasteiger partial charge in [0.05, 0.1) is 19.3 Å². The summed E-state index contributed by atoms with van der Waals surface area (Å²) < 4.78 is 7.10. The number of nitrogens with one attached hydrogen (secondary N) is 2. The summed E-state index contributed by atoms with van der Waals surface area (Å²) in [6, 6.07) is 4.08. The maximum absolute atomic E-state index is 5.17. The van der Waals surface area contributed by atoms with Crippen molar-refractivity contribution < 1.29 is 4.74 Å². The van der Waals surface area contributed by atoms with Crippen LogP contribution >= 0.6 is 0 Å². The number of guanidine groups is 1. The molecule has 2 aromatic rings. The van der Waals surface area contributed by atoms with Gasteiger partial charge in [-0.15, -0.1) is 0 Å². The number of methoxy groups -OCH3 is 1. The van der Waals surface area contributed by atoms with Crippen molar-refractivity contribution in [2.45, 2.75) is 46.7 Å². The number of aryl methyl sites for hydroxylation is 2. The quantitative estimate of drug-likeness (QED) is 0.586. The van der Waals surface area contributed by atoms with E-state index in [1.807, 2.05) is 23.9 Å². The Bertz CT molecular complexity index is 752. The fourth-order valence-corrected chi connectivity index (χ4v) is 2.85. The molecule has 2 rings (SSSR count). The zero-order valence-corrected chi connectivity index (χ0v) is 16.6. The van der Waals surface area contributed by atoms with Crippen LogP contribution in [0.15, 0.2) is 23.3 Å². The van der Waals surface area contributed by atoms with Gasteiger partial charge in [-0.2, -0.15) is 5.10 Å². The molecule has 0 spiro atoms. The molecular weight excluding hydrogens is 328 g/mol. The van der Waals surface area contributed by atoms with Gasteiger partial charge in [0.25, 0.3) is 0 Å². The number of nitrogens with zero attached hydrogens (tertiary/aromatic N) is 4. The van der Waals surface area contributed by atoms with Gasteiger partial charge in [0.15, 0.2) is 5.96 Å². The van der Waals surface area contributed by atoms with E-state index in [-0.39, 0.29) is 6.04 Å². The molecule has 1 atom stereocenters. The molecule has 0 bridgehead atoms. The summed E-state index contributed by atoms with van der Waals surface area (Å²) >= 11 is 0. The lowest BCUT2D eigenvalue weighted by atomic mass is 10.1. The topological polar surface area (TPSA) is 76.4 Å². The summed E-state index contributed by atoms with van der Waals surface area (Å²) in [5.74, 6) is 1.40. The van der Waals surface area contributed by atoms with Gasteiger partial charge < -0.3 is 15.4 Å². The average Bonchev–Trinajstić information content (AvgIpc) is 2.86. The number of aliphatic imine (C=N–C) groups is 1. The van der Waals surface area contributed by atoms with E-state index >= 15 is 0 Å². The molecule has 2 aromatic heterocycles. The van der Waals surface area contributed by atoms with E-state index in [1.165, 1.54) is 11.3 Å². The molecule has 0 aliphatic heterocycles. The third-order valence-electron chi connectivity index (χ3n) is 4.32. The highest BCUT2D eigenvalue weighted by molar-refractivity contribution is 5.80. The summed E-state index contributed by atoms with van der Waals surface area (Å²) in [5, 5.41) is 11.3. The van der Waals surface area contributed by atoms with Crippen LogP contribution in [-0.2, 0) is 20.0 Å². The van der Waals surface area contributed by atoms with Crippen LogP contribution in [0.5, 0.6) is 5.88 Å². The molecule has 2 heterocycles. The number of rotatable bonds is 7. The zero-order valence-electron chi connectivity index (χ0n) is 16.6. The molecule has 0 aliphatic rings. The molecule has 2 N–H and O–H groups in total. The maximum atomic E-state index is 5.17. The van der Waals surface area contributed by atoms with Crippen LogP contribution in [0.4, 0.5) is 0 Å². The number of ether oxygens (including phenoxy) is 1. The summed E-state index contributed by atoms with van der Waals surface area (Å²) in [6.45, 7) is 9.76. The monoisotopic (exact) mass is 358 g/mol. The van der Waals surface area contributed by atoms with E-state index in [0.717, 1.165) is 30.2 Å². The molecule has 1 unspecified atom stereocenters. The molecular formula is C19H30N6O. The van der Waals surface area contributed by atoms with Crippen molar-refractivity contribution in [2.75, 3.05) is 13.7 Å². The van der Waals surface area contributed by atoms with Crippen LogP contribution in [0.2, 0.25) is 0 Å². The molecule has 142 valence electrons. The van der Waals surface area contributed by atoms with E-state index in [0.29, 0.717) is 12.4 Å². The number of aromatic nitrogens is 3. The zero-order chi connectivity index (χ0) is 19.1. The number of pyridine rings is 1. The Balaban J connectivity index is 2.03. The minimum Gasteiger partial charge on any atom is -0.481 e. The van der Waals surface area contributed by atoms with Crippen molar-refractivity contribution in [1.82, 2.24) is 25.4 Å². The smallest absolute Gasteiger partial charge is 0.213 e. The van der Waals surface area contributed by atoms with E-state index in [9.17, 15) is 0 Å². The number of hydrogen-bond acceptors (Lipinski definition) is 4. The van der Waals surface area contributed by atoms with Crippen LogP contribution in [-0.4, -0.2) is 40.4 Å². The first-order valence-corrected chi connectivity index (χ1v) is 8.97. The Labute approximate surface area is 155 Å². The first-order chi connectivity index (χ1) is 12.4. The van der Waals surface area contributed by atoms with E-state index < -0.39 is 0 Å². The van der Waals surface area contributed by atoms with Gasteiger partial charge in [-0.05, 0) is 51.3 Å². The predicted molar refractivity (Wildman–Crippen MR) is 105 cm³/mol. The minimum absolute atomic E-state index is 0.237. The van der Waals surface area contributed by atoms with Crippen molar-refractivity contribution >= 4 is 5.96 Å². The van der Waals surface area contributed by atoms with Crippen LogP contribution in [0, 0.1) is 13.8 Å². The highest BCUT2D eigenvalue weighted by Gasteiger charge is 2.14. The van der Waals surface area contributed by atoms with E-state index in [1.54, 1.807) is 13.3 Å². The van der Waals surface area contributed by atoms with Gasteiger partial charge in [-0.3, -0.25) is 4.68 Å². The van der Waals surface area contributed by atoms with Gasteiger partial charge >= 0.3 is 0 Å². The molecule has 0 aromatic carbocycles. The van der Waals surface area contributed by atoms with Crippen molar-refractivity contribution in [3.05, 3.63) is 40.8 Å². The fraction of sp³-hybridized carbons (Fsp3) is 0.526. The number of hydrogen-bond donors (Lipinski definition) is 2. The van der Waals surface area contributed by atoms with Gasteiger partial charge in [0, 0.05) is 37.6 Å². The predicted octanol–water partition coefficient (Wildman–Crippen LogP) is 2.13. The molecule has 0 amide bonds. The van der Waals surface area contributed by atoms with Crippen molar-refractivity contribution in [3.8, 4) is 5.88 Å². The standard InChI is InChI=1S/C19H30N6O/c1-7-20-19(22-12-16-8-9-21-18(11-16)26-6)23-13(2)10-17-14(3)24-25(5)15(17)4/h8-9,11,13H,7,10,12H2,1-6H3,(H2,20,22,23). The lowest BCUT2D eigenvalue weighted by molar-refractivity contribution is 0.397. The van der Waals surface area contributed by atoms with Gasteiger partial charge in [-0.25, -0.2) is 9.98 Å². The first-order valence-electron chi connectivity index (χ1n) is 8.97. The molecule has 0 aliphatic carbocycles. The third kappa shape index (κ3) is 5.21. The normalized spacial score (nSPS) is 12.8. The Morgan fingerprint density at radius 2 is 2.15 bits per heavy atom. The molecule has 0 saturated carbocycles. The van der Waals surface area contributed by atoms with Crippen LogP contribution in [0.3, 0.4) is 0 Å². The summed E-state index contributed by atoms with van der Waals surface area (Å²) in [6.07, 6.45) is 2.64. The van der Waals surface area contributed by atoms with E-state index in [4.69, 9.17) is 4.74 Å². The minimum atomic E-state index is 0.237. The molecule has 0 fully saturated rings. The lowest BCUT2D eigenvalue weighted by Crippen LogP contribution is -2.43. The first kappa shape index (κ1) is 19.8. The van der Waals surface area contributed by atoms with Gasteiger partial charge in [-0.1, -0.05) is 0 Å². The van der Waals surface area contributed by atoms with Crippen molar-refractivity contribution in [3.63, 3.8) is 0 Å². The summed E-state index contributed by atoms with van der Waals surface area (Å²) in [4.78, 5) is 8.81. The second-order valence-corrected chi connectivity index (χ2v) is 6.42. The molecule has 0 radical (unpaired) electrons. The lowest BCUT2D eigenvalue weighted by Gasteiger charge is -2.18. The Kier molecular flexibility index (Phi) is 7.00. The third-order valence-corrected chi connectivity index (χ3v) is 4.32. The van der Waals surface area contributed by atoms with Gasteiger partial charge in [0.2, 0.25) is 5.88 Å². The second-order valence-electron chi connectivity index (χ2n) is 6.42. The molecule has 0 saturated heterocycles. The summed E-state index contributed by atoms with van der Waals surface area (Å²) in [5.41, 5.74) is 4.65. The second kappa shape index (κ2) is 9.22. The van der Waals surface area contributed by atoms with Crippen molar-refractivity contribution in [1.29, 1.82) is 0 Å². The Morgan fingerprint density at radius 1 is 1.38 bits per heavy atom. The van der Waals surface area contributed by atoms with Gasteiger partial charge in [0.1, 0.15) is 0 Å². The van der Waals surface area contributed by atoms with Crippen LogP contribution in [0.25, 0.3) is 0 Å².